The predicted molar refractivity (Wildman–Crippen MR) is 99.9 cm³/mol. The Morgan fingerprint density at radius 3 is 2.65 bits per heavy atom. The van der Waals surface area contributed by atoms with E-state index in [1.165, 1.54) is 18.2 Å². The number of hydrogen-bond donors (Lipinski definition) is 1. The lowest BCUT2D eigenvalue weighted by molar-refractivity contribution is -0.383. The molecule has 7 nitrogen and oxygen atoms in total. The summed E-state index contributed by atoms with van der Waals surface area (Å²) in [6.45, 7) is -0.561. The minimum atomic E-state index is -0.682. The lowest BCUT2D eigenvalue weighted by atomic mass is 10.2. The van der Waals surface area contributed by atoms with Gasteiger partial charge in [0, 0.05) is 16.0 Å². The highest BCUT2D eigenvalue weighted by Gasteiger charge is 2.16. The van der Waals surface area contributed by atoms with Crippen LogP contribution in [0.5, 0.6) is 0 Å². The molecule has 0 atom stereocenters. The molecule has 0 aliphatic heterocycles. The molecule has 0 bridgehead atoms. The lowest BCUT2D eigenvalue weighted by Gasteiger charge is -2.07. The summed E-state index contributed by atoms with van der Waals surface area (Å²) < 4.78 is 4.85. The number of amides is 1. The first kappa shape index (κ1) is 20.0. The fourth-order valence-corrected chi connectivity index (χ4v) is 3.13. The highest BCUT2D eigenvalue weighted by atomic mass is 35.5. The number of nitro groups is 1. The van der Waals surface area contributed by atoms with E-state index in [-0.39, 0.29) is 17.1 Å². The Morgan fingerprint density at radius 1 is 1.19 bits per heavy atom. The molecule has 0 aliphatic carbocycles. The summed E-state index contributed by atoms with van der Waals surface area (Å²) in [4.78, 5) is 34.4. The van der Waals surface area contributed by atoms with Gasteiger partial charge in [-0.3, -0.25) is 19.7 Å². The van der Waals surface area contributed by atoms with Crippen LogP contribution in [0.1, 0.15) is 0 Å². The van der Waals surface area contributed by atoms with Gasteiger partial charge in [0.1, 0.15) is 5.69 Å². The number of nitro benzene ring substituents is 1. The van der Waals surface area contributed by atoms with Crippen LogP contribution in [-0.2, 0) is 14.3 Å². The third-order valence-corrected chi connectivity index (χ3v) is 4.68. The van der Waals surface area contributed by atoms with Crippen molar-refractivity contribution in [1.82, 2.24) is 0 Å². The molecule has 0 saturated heterocycles. The Hall–Kier alpha value is -2.29. The number of anilines is 1. The summed E-state index contributed by atoms with van der Waals surface area (Å²) in [5, 5.41) is 14.1. The second-order valence-corrected chi connectivity index (χ2v) is 6.71. The molecule has 0 aromatic heterocycles. The van der Waals surface area contributed by atoms with Crippen molar-refractivity contribution in [3.63, 3.8) is 0 Å². The van der Waals surface area contributed by atoms with E-state index < -0.39 is 23.4 Å². The number of nitrogens with zero attached hydrogens (tertiary/aromatic N) is 1. The maximum Gasteiger partial charge on any atom is 0.316 e. The van der Waals surface area contributed by atoms with Gasteiger partial charge in [-0.25, -0.2) is 0 Å². The molecule has 2 aromatic rings. The number of ether oxygens (including phenoxy) is 1. The molecule has 2 rings (SSSR count). The maximum absolute atomic E-state index is 11.8. The van der Waals surface area contributed by atoms with Crippen LogP contribution < -0.4 is 5.32 Å². The van der Waals surface area contributed by atoms with Crippen molar-refractivity contribution < 1.29 is 19.2 Å². The Morgan fingerprint density at radius 2 is 1.92 bits per heavy atom. The molecule has 26 heavy (non-hydrogen) atoms. The van der Waals surface area contributed by atoms with E-state index in [4.69, 9.17) is 27.9 Å². The zero-order valence-electron chi connectivity index (χ0n) is 13.1. The zero-order chi connectivity index (χ0) is 19.1. The van der Waals surface area contributed by atoms with Crippen LogP contribution >= 0.6 is 35.0 Å². The number of carbonyl (C=O) groups excluding carboxylic acids is 2. The van der Waals surface area contributed by atoms with Crippen LogP contribution in [0.25, 0.3) is 0 Å². The Labute approximate surface area is 162 Å². The van der Waals surface area contributed by atoms with Crippen molar-refractivity contribution in [2.24, 2.45) is 0 Å². The van der Waals surface area contributed by atoms with Gasteiger partial charge in [0.2, 0.25) is 0 Å². The normalized spacial score (nSPS) is 10.2. The first-order valence-corrected chi connectivity index (χ1v) is 8.87. The molecule has 0 saturated carbocycles. The van der Waals surface area contributed by atoms with Gasteiger partial charge < -0.3 is 10.1 Å². The number of nitrogens with one attached hydrogen (secondary N) is 1. The highest BCUT2D eigenvalue weighted by molar-refractivity contribution is 8.00. The molecular weight excluding hydrogens is 403 g/mol. The van der Waals surface area contributed by atoms with E-state index in [9.17, 15) is 19.7 Å². The van der Waals surface area contributed by atoms with Gasteiger partial charge >= 0.3 is 5.97 Å². The van der Waals surface area contributed by atoms with Crippen molar-refractivity contribution in [3.05, 3.63) is 62.6 Å². The van der Waals surface area contributed by atoms with Crippen molar-refractivity contribution in [2.75, 3.05) is 17.7 Å². The number of thioether (sulfide) groups is 1. The monoisotopic (exact) mass is 414 g/mol. The van der Waals surface area contributed by atoms with Crippen LogP contribution in [0.2, 0.25) is 10.0 Å². The predicted octanol–water partition coefficient (Wildman–Crippen LogP) is 4.18. The summed E-state index contributed by atoms with van der Waals surface area (Å²) in [6, 6.07) is 10.5. The van der Waals surface area contributed by atoms with E-state index in [0.29, 0.717) is 14.9 Å². The third-order valence-electron chi connectivity index (χ3n) is 2.98. The standard InChI is InChI=1S/C16H12Cl2N2O5S/c17-10-5-6-11(18)14(7-10)26-9-16(22)25-8-15(21)19-12-3-1-2-4-13(12)20(23)24/h1-7H,8-9H2,(H,19,21). The average Bonchev–Trinajstić information content (AvgIpc) is 2.61. The van der Waals surface area contributed by atoms with E-state index in [2.05, 4.69) is 5.32 Å². The number of para-hydroxylation sites is 2. The number of hydrogen-bond acceptors (Lipinski definition) is 6. The number of carbonyl (C=O) groups is 2. The minimum Gasteiger partial charge on any atom is -0.455 e. The maximum atomic E-state index is 11.8. The van der Waals surface area contributed by atoms with Crippen molar-refractivity contribution in [2.45, 2.75) is 4.90 Å². The first-order chi connectivity index (χ1) is 12.4. The van der Waals surface area contributed by atoms with E-state index in [1.54, 1.807) is 24.3 Å². The molecular formula is C16H12Cl2N2O5S. The molecule has 10 heteroatoms. The van der Waals surface area contributed by atoms with Gasteiger partial charge in [-0.15, -0.1) is 11.8 Å². The van der Waals surface area contributed by atoms with Crippen LogP contribution in [0, 0.1) is 10.1 Å². The lowest BCUT2D eigenvalue weighted by Crippen LogP contribution is -2.22. The Balaban J connectivity index is 1.83. The molecule has 0 aliphatic rings. The van der Waals surface area contributed by atoms with E-state index in [0.717, 1.165) is 11.8 Å². The van der Waals surface area contributed by atoms with Gasteiger partial charge in [-0.2, -0.15) is 0 Å². The molecule has 0 spiro atoms. The smallest absolute Gasteiger partial charge is 0.316 e. The summed E-state index contributed by atoms with van der Waals surface area (Å²) in [5.74, 6) is -1.39. The number of esters is 1. The molecule has 1 N–H and O–H groups in total. The summed E-state index contributed by atoms with van der Waals surface area (Å²) in [7, 11) is 0. The molecule has 0 fully saturated rings. The largest absolute Gasteiger partial charge is 0.455 e. The van der Waals surface area contributed by atoms with Crippen molar-refractivity contribution in [3.8, 4) is 0 Å². The molecule has 0 unspecified atom stereocenters. The number of rotatable bonds is 7. The molecule has 2 aromatic carbocycles. The third kappa shape index (κ3) is 5.91. The van der Waals surface area contributed by atoms with Crippen LogP contribution in [-0.4, -0.2) is 29.2 Å². The molecule has 0 radical (unpaired) electrons. The Bertz CT molecular complexity index is 847. The van der Waals surface area contributed by atoms with Gasteiger partial charge in [-0.1, -0.05) is 35.3 Å². The topological polar surface area (TPSA) is 98.5 Å². The molecule has 1 amide bonds. The second-order valence-electron chi connectivity index (χ2n) is 4.85. The van der Waals surface area contributed by atoms with Crippen molar-refractivity contribution >= 4 is 58.2 Å². The number of benzene rings is 2. The van der Waals surface area contributed by atoms with E-state index in [1.807, 2.05) is 0 Å². The zero-order valence-corrected chi connectivity index (χ0v) is 15.4. The SMILES string of the molecule is O=C(COC(=O)CSc1cc(Cl)ccc1Cl)Nc1ccccc1[N+](=O)[O-]. The van der Waals surface area contributed by atoms with Crippen LogP contribution in [0.3, 0.4) is 0 Å². The summed E-state index contributed by atoms with van der Waals surface area (Å²) in [5.41, 5.74) is -0.225. The highest BCUT2D eigenvalue weighted by Crippen LogP contribution is 2.29. The number of halogens is 2. The van der Waals surface area contributed by atoms with Crippen molar-refractivity contribution in [1.29, 1.82) is 0 Å². The summed E-state index contributed by atoms with van der Waals surface area (Å²) in [6.07, 6.45) is 0. The second kappa shape index (κ2) is 9.42. The fraction of sp³-hybridized carbons (Fsp3) is 0.125. The minimum absolute atomic E-state index is 0.0265. The van der Waals surface area contributed by atoms with Gasteiger partial charge in [0.25, 0.3) is 11.6 Å². The van der Waals surface area contributed by atoms with Gasteiger partial charge in [0.15, 0.2) is 6.61 Å². The quantitative estimate of drug-likeness (QED) is 0.315. The molecule has 136 valence electrons. The fourth-order valence-electron chi connectivity index (χ4n) is 1.84. The van der Waals surface area contributed by atoms with Gasteiger partial charge in [0.05, 0.1) is 15.7 Å². The average molecular weight is 415 g/mol. The summed E-state index contributed by atoms with van der Waals surface area (Å²) >= 11 is 13.0. The molecule has 0 heterocycles. The van der Waals surface area contributed by atoms with Crippen LogP contribution in [0.15, 0.2) is 47.4 Å². The van der Waals surface area contributed by atoms with Crippen LogP contribution in [0.4, 0.5) is 11.4 Å². The van der Waals surface area contributed by atoms with Gasteiger partial charge in [-0.05, 0) is 24.3 Å². The van der Waals surface area contributed by atoms with E-state index >= 15 is 0 Å². The first-order valence-electron chi connectivity index (χ1n) is 7.13. The Kier molecular flexibility index (Phi) is 7.26.